The smallest absolute Gasteiger partial charge is 0.0643 e. The van der Waals surface area contributed by atoms with Crippen LogP contribution in [0.3, 0.4) is 0 Å². The van der Waals surface area contributed by atoms with E-state index < -0.39 is 0 Å². The molecule has 5 heteroatoms. The van der Waals surface area contributed by atoms with Gasteiger partial charge in [-0.2, -0.15) is 11.8 Å². The van der Waals surface area contributed by atoms with Gasteiger partial charge < -0.3 is 15.0 Å². The summed E-state index contributed by atoms with van der Waals surface area (Å²) in [4.78, 5) is 2.47. The number of anilines is 1. The number of methoxy groups -OCH3 is 1. The van der Waals surface area contributed by atoms with Crippen molar-refractivity contribution in [1.29, 1.82) is 0 Å². The SMILES string of the molecule is COCCNCc1cccc(Cl)c1N1CCSC(C)C1C. The zero-order valence-electron chi connectivity index (χ0n) is 13.1. The molecule has 1 heterocycles. The van der Waals surface area contributed by atoms with Gasteiger partial charge in [-0.1, -0.05) is 30.7 Å². The second-order valence-corrected chi connectivity index (χ2v) is 7.32. The summed E-state index contributed by atoms with van der Waals surface area (Å²) in [5.41, 5.74) is 2.47. The highest BCUT2D eigenvalue weighted by molar-refractivity contribution is 8.00. The average molecular weight is 329 g/mol. The van der Waals surface area contributed by atoms with Gasteiger partial charge >= 0.3 is 0 Å². The lowest BCUT2D eigenvalue weighted by Gasteiger charge is -2.40. The van der Waals surface area contributed by atoms with E-state index >= 15 is 0 Å². The number of nitrogens with one attached hydrogen (secondary N) is 1. The average Bonchev–Trinajstić information content (AvgIpc) is 2.47. The van der Waals surface area contributed by atoms with Crippen LogP contribution in [0.4, 0.5) is 5.69 Å². The van der Waals surface area contributed by atoms with Gasteiger partial charge in [0.2, 0.25) is 0 Å². The van der Waals surface area contributed by atoms with E-state index in [-0.39, 0.29) is 0 Å². The Labute approximate surface area is 137 Å². The Morgan fingerprint density at radius 3 is 3.00 bits per heavy atom. The van der Waals surface area contributed by atoms with Crippen LogP contribution in [0.1, 0.15) is 19.4 Å². The number of nitrogens with zero attached hydrogens (tertiary/aromatic N) is 1. The number of hydrogen-bond acceptors (Lipinski definition) is 4. The summed E-state index contributed by atoms with van der Waals surface area (Å²) < 4.78 is 5.08. The highest BCUT2D eigenvalue weighted by Crippen LogP contribution is 2.36. The Morgan fingerprint density at radius 2 is 2.24 bits per heavy atom. The Bertz CT molecular complexity index is 458. The van der Waals surface area contributed by atoms with Crippen molar-refractivity contribution in [3.05, 3.63) is 28.8 Å². The fraction of sp³-hybridized carbons (Fsp3) is 0.625. The predicted octanol–water partition coefficient (Wildman–Crippen LogP) is 3.41. The lowest BCUT2D eigenvalue weighted by atomic mass is 10.1. The second-order valence-electron chi connectivity index (χ2n) is 5.43. The van der Waals surface area contributed by atoms with Crippen molar-refractivity contribution >= 4 is 29.1 Å². The van der Waals surface area contributed by atoms with Gasteiger partial charge in [0.25, 0.3) is 0 Å². The number of ether oxygens (including phenoxy) is 1. The van der Waals surface area contributed by atoms with Crippen LogP contribution < -0.4 is 10.2 Å². The van der Waals surface area contributed by atoms with E-state index in [0.29, 0.717) is 11.3 Å². The molecule has 1 aromatic rings. The minimum Gasteiger partial charge on any atom is -0.383 e. The molecule has 0 aliphatic carbocycles. The third-order valence-corrected chi connectivity index (χ3v) is 5.68. The van der Waals surface area contributed by atoms with E-state index in [0.717, 1.165) is 37.0 Å². The first-order chi connectivity index (χ1) is 10.1. The van der Waals surface area contributed by atoms with E-state index in [1.807, 2.05) is 23.9 Å². The van der Waals surface area contributed by atoms with Crippen molar-refractivity contribution in [3.8, 4) is 0 Å². The van der Waals surface area contributed by atoms with Crippen LogP contribution in [0.5, 0.6) is 0 Å². The zero-order valence-corrected chi connectivity index (χ0v) is 14.6. The minimum absolute atomic E-state index is 0.501. The maximum Gasteiger partial charge on any atom is 0.0643 e. The predicted molar refractivity (Wildman–Crippen MR) is 93.8 cm³/mol. The van der Waals surface area contributed by atoms with Crippen molar-refractivity contribution in [2.45, 2.75) is 31.7 Å². The molecule has 0 spiro atoms. The quantitative estimate of drug-likeness (QED) is 0.809. The molecule has 0 bridgehead atoms. The zero-order chi connectivity index (χ0) is 15.2. The van der Waals surface area contributed by atoms with Gasteiger partial charge in [0.05, 0.1) is 17.3 Å². The van der Waals surface area contributed by atoms with Crippen LogP contribution in [0.15, 0.2) is 18.2 Å². The lowest BCUT2D eigenvalue weighted by Crippen LogP contribution is -2.45. The summed E-state index contributed by atoms with van der Waals surface area (Å²) >= 11 is 8.56. The largest absolute Gasteiger partial charge is 0.383 e. The van der Waals surface area contributed by atoms with Crippen molar-refractivity contribution in [2.24, 2.45) is 0 Å². The normalized spacial score (nSPS) is 22.6. The fourth-order valence-electron chi connectivity index (χ4n) is 2.67. The Kier molecular flexibility index (Phi) is 6.68. The van der Waals surface area contributed by atoms with E-state index in [1.54, 1.807) is 7.11 Å². The van der Waals surface area contributed by atoms with Gasteiger partial charge in [-0.3, -0.25) is 0 Å². The molecular formula is C16H25ClN2OS. The Balaban J connectivity index is 2.16. The maximum absolute atomic E-state index is 6.51. The molecule has 1 saturated heterocycles. The maximum atomic E-state index is 6.51. The molecule has 1 aliphatic heterocycles. The van der Waals surface area contributed by atoms with Gasteiger partial charge in [-0.05, 0) is 18.6 Å². The third-order valence-electron chi connectivity index (χ3n) is 4.04. The topological polar surface area (TPSA) is 24.5 Å². The molecule has 0 aromatic heterocycles. The third kappa shape index (κ3) is 4.28. The molecule has 1 fully saturated rings. The van der Waals surface area contributed by atoms with Crippen molar-refractivity contribution < 1.29 is 4.74 Å². The first-order valence-electron chi connectivity index (χ1n) is 7.50. The summed E-state index contributed by atoms with van der Waals surface area (Å²) in [5.74, 6) is 1.16. The van der Waals surface area contributed by atoms with Crippen LogP contribution in [0, 0.1) is 0 Å². The summed E-state index contributed by atoms with van der Waals surface area (Å²) in [6.45, 7) is 8.06. The standard InChI is InChI=1S/C16H25ClN2OS/c1-12-13(2)21-10-8-19(12)16-14(5-4-6-15(16)17)11-18-7-9-20-3/h4-6,12-13,18H,7-11H2,1-3H3. The molecule has 1 N–H and O–H groups in total. The molecule has 2 rings (SSSR count). The summed E-state index contributed by atoms with van der Waals surface area (Å²) in [5, 5.41) is 4.90. The van der Waals surface area contributed by atoms with Gasteiger partial charge in [0.1, 0.15) is 0 Å². The second kappa shape index (κ2) is 8.28. The number of halogens is 1. The first kappa shape index (κ1) is 16.9. The number of para-hydroxylation sites is 1. The monoisotopic (exact) mass is 328 g/mol. The van der Waals surface area contributed by atoms with Crippen molar-refractivity contribution in [1.82, 2.24) is 5.32 Å². The fourth-order valence-corrected chi connectivity index (χ4v) is 4.07. The van der Waals surface area contributed by atoms with Gasteiger partial charge in [-0.25, -0.2) is 0 Å². The van der Waals surface area contributed by atoms with Crippen molar-refractivity contribution in [3.63, 3.8) is 0 Å². The number of thioether (sulfide) groups is 1. The Hall–Kier alpha value is -0.420. The van der Waals surface area contributed by atoms with Crippen molar-refractivity contribution in [2.75, 3.05) is 37.5 Å². The Morgan fingerprint density at radius 1 is 1.43 bits per heavy atom. The molecule has 21 heavy (non-hydrogen) atoms. The summed E-state index contributed by atoms with van der Waals surface area (Å²) in [7, 11) is 1.72. The molecule has 0 amide bonds. The van der Waals surface area contributed by atoms with Crippen LogP contribution in [0.2, 0.25) is 5.02 Å². The van der Waals surface area contributed by atoms with E-state index in [1.165, 1.54) is 11.3 Å². The van der Waals surface area contributed by atoms with Gasteiger partial charge in [0, 0.05) is 43.8 Å². The van der Waals surface area contributed by atoms with Gasteiger partial charge in [0.15, 0.2) is 0 Å². The molecule has 1 aliphatic rings. The number of benzene rings is 1. The molecule has 118 valence electrons. The summed E-state index contributed by atoms with van der Waals surface area (Å²) in [6, 6.07) is 6.70. The number of rotatable bonds is 6. The van der Waals surface area contributed by atoms with Crippen LogP contribution in [-0.2, 0) is 11.3 Å². The van der Waals surface area contributed by atoms with E-state index in [9.17, 15) is 0 Å². The molecule has 2 atom stereocenters. The van der Waals surface area contributed by atoms with Crippen LogP contribution >= 0.6 is 23.4 Å². The number of hydrogen-bond donors (Lipinski definition) is 1. The minimum atomic E-state index is 0.501. The molecule has 3 nitrogen and oxygen atoms in total. The molecule has 1 aromatic carbocycles. The van der Waals surface area contributed by atoms with E-state index in [4.69, 9.17) is 16.3 Å². The lowest BCUT2D eigenvalue weighted by molar-refractivity contribution is 0.199. The van der Waals surface area contributed by atoms with E-state index in [2.05, 4.69) is 30.1 Å². The molecular weight excluding hydrogens is 304 g/mol. The molecule has 2 unspecified atom stereocenters. The first-order valence-corrected chi connectivity index (χ1v) is 8.93. The highest BCUT2D eigenvalue weighted by atomic mass is 35.5. The molecule has 0 radical (unpaired) electrons. The van der Waals surface area contributed by atoms with Gasteiger partial charge in [-0.15, -0.1) is 0 Å². The van der Waals surface area contributed by atoms with Crippen LogP contribution in [-0.4, -0.2) is 43.9 Å². The highest BCUT2D eigenvalue weighted by Gasteiger charge is 2.28. The van der Waals surface area contributed by atoms with Crippen LogP contribution in [0.25, 0.3) is 0 Å². The summed E-state index contributed by atoms with van der Waals surface area (Å²) in [6.07, 6.45) is 0. The molecule has 0 saturated carbocycles.